The first-order valence-corrected chi connectivity index (χ1v) is 22.1. The zero-order valence-corrected chi connectivity index (χ0v) is 33.7. The summed E-state index contributed by atoms with van der Waals surface area (Å²) in [5.41, 5.74) is 0. The Morgan fingerprint density at radius 1 is 0.480 bits per heavy atom. The molecule has 0 aliphatic carbocycles. The van der Waals surface area contributed by atoms with Crippen LogP contribution in [-0.4, -0.2) is 37.0 Å². The summed E-state index contributed by atoms with van der Waals surface area (Å²) in [6.07, 6.45) is 54.9. The van der Waals surface area contributed by atoms with Gasteiger partial charge in [-0.15, -0.1) is 0 Å². The van der Waals surface area contributed by atoms with Gasteiger partial charge < -0.3 is 14.6 Å². The van der Waals surface area contributed by atoms with Gasteiger partial charge in [0.05, 0.1) is 13.2 Å². The Bertz CT molecular complexity index is 742. The minimum Gasteiger partial charge on any atom is -0.457 e. The first-order chi connectivity index (χ1) is 24.7. The number of aliphatic hydroxyl groups excluding tert-OH is 1. The van der Waals surface area contributed by atoms with Crippen LogP contribution in [0, 0.1) is 0 Å². The van der Waals surface area contributed by atoms with E-state index in [1.165, 1.54) is 180 Å². The Hall–Kier alpha value is -1.39. The number of hydrogen-bond acceptors (Lipinski definition) is 4. The van der Waals surface area contributed by atoms with Crippen LogP contribution in [-0.2, 0) is 14.3 Å². The summed E-state index contributed by atoms with van der Waals surface area (Å²) in [6, 6.07) is 0. The molecule has 4 nitrogen and oxygen atoms in total. The fraction of sp³-hybridized carbons (Fsp3) is 0.848. The summed E-state index contributed by atoms with van der Waals surface area (Å²) < 4.78 is 11.2. The van der Waals surface area contributed by atoms with E-state index in [0.717, 1.165) is 25.7 Å². The molecule has 0 aliphatic heterocycles. The third-order valence-electron chi connectivity index (χ3n) is 9.69. The summed E-state index contributed by atoms with van der Waals surface area (Å²) in [4.78, 5) is 12.2. The molecule has 4 heteroatoms. The van der Waals surface area contributed by atoms with Gasteiger partial charge in [-0.05, 0) is 70.6 Å². The van der Waals surface area contributed by atoms with Crippen molar-refractivity contribution in [2.75, 3.05) is 19.8 Å². The minimum absolute atomic E-state index is 0.175. The zero-order chi connectivity index (χ0) is 36.3. The third kappa shape index (κ3) is 41.0. The smallest absolute Gasteiger partial charge is 0.306 e. The molecule has 0 rings (SSSR count). The van der Waals surface area contributed by atoms with E-state index in [0.29, 0.717) is 19.6 Å². The van der Waals surface area contributed by atoms with Crippen molar-refractivity contribution in [2.24, 2.45) is 0 Å². The van der Waals surface area contributed by atoms with Gasteiger partial charge in [-0.25, -0.2) is 0 Å². The number of unbranched alkanes of at least 4 members (excludes halogenated alkanes) is 27. The lowest BCUT2D eigenvalue weighted by atomic mass is 10.1. The molecule has 50 heavy (non-hydrogen) atoms. The Balaban J connectivity index is 3.42. The molecule has 1 unspecified atom stereocenters. The van der Waals surface area contributed by atoms with Crippen LogP contribution in [0.15, 0.2) is 36.5 Å². The van der Waals surface area contributed by atoms with Crippen LogP contribution in [0.2, 0.25) is 0 Å². The average molecular weight is 703 g/mol. The van der Waals surface area contributed by atoms with E-state index in [4.69, 9.17) is 9.47 Å². The van der Waals surface area contributed by atoms with Gasteiger partial charge >= 0.3 is 5.97 Å². The third-order valence-corrected chi connectivity index (χ3v) is 9.69. The number of hydrogen-bond donors (Lipinski definition) is 1. The van der Waals surface area contributed by atoms with Crippen molar-refractivity contribution in [1.29, 1.82) is 0 Å². The van der Waals surface area contributed by atoms with Gasteiger partial charge in [0.2, 0.25) is 0 Å². The molecule has 0 saturated carbocycles. The number of esters is 1. The van der Waals surface area contributed by atoms with E-state index >= 15 is 0 Å². The summed E-state index contributed by atoms with van der Waals surface area (Å²) in [7, 11) is 0. The molecule has 0 amide bonds. The van der Waals surface area contributed by atoms with Crippen molar-refractivity contribution < 1.29 is 19.4 Å². The Labute approximate surface area is 312 Å². The molecule has 0 radical (unpaired) electrons. The van der Waals surface area contributed by atoms with Crippen molar-refractivity contribution in [3.05, 3.63) is 36.5 Å². The summed E-state index contributed by atoms with van der Waals surface area (Å²) >= 11 is 0. The molecule has 0 bridgehead atoms. The second kappa shape index (κ2) is 43.8. The van der Waals surface area contributed by atoms with Crippen molar-refractivity contribution in [2.45, 2.75) is 232 Å². The van der Waals surface area contributed by atoms with Gasteiger partial charge in [-0.3, -0.25) is 4.79 Å². The predicted molar refractivity (Wildman–Crippen MR) is 219 cm³/mol. The lowest BCUT2D eigenvalue weighted by Gasteiger charge is -2.15. The molecule has 0 aromatic heterocycles. The van der Waals surface area contributed by atoms with Gasteiger partial charge in [0.15, 0.2) is 0 Å². The van der Waals surface area contributed by atoms with Crippen LogP contribution < -0.4 is 0 Å². The number of carbonyl (C=O) groups excluding carboxylic acids is 1. The zero-order valence-electron chi connectivity index (χ0n) is 33.7. The molecule has 0 spiro atoms. The molecule has 294 valence electrons. The molecule has 0 saturated heterocycles. The van der Waals surface area contributed by atoms with Gasteiger partial charge in [-0.1, -0.05) is 185 Å². The average Bonchev–Trinajstić information content (AvgIpc) is 3.12. The number of rotatable bonds is 41. The van der Waals surface area contributed by atoms with E-state index in [2.05, 4.69) is 50.3 Å². The van der Waals surface area contributed by atoms with Crippen LogP contribution in [0.3, 0.4) is 0 Å². The first kappa shape index (κ1) is 48.6. The Morgan fingerprint density at radius 2 is 0.840 bits per heavy atom. The molecule has 0 fully saturated rings. The monoisotopic (exact) mass is 703 g/mol. The summed E-state index contributed by atoms with van der Waals surface area (Å²) in [5, 5.41) is 9.60. The molecule has 0 aromatic carbocycles. The maximum Gasteiger partial charge on any atom is 0.306 e. The highest BCUT2D eigenvalue weighted by atomic mass is 16.6. The molecule has 0 aromatic rings. The van der Waals surface area contributed by atoms with Gasteiger partial charge in [0.1, 0.15) is 6.10 Å². The van der Waals surface area contributed by atoms with Crippen molar-refractivity contribution in [3.63, 3.8) is 0 Å². The van der Waals surface area contributed by atoms with E-state index in [1.54, 1.807) is 0 Å². The van der Waals surface area contributed by atoms with Crippen molar-refractivity contribution in [1.82, 2.24) is 0 Å². The van der Waals surface area contributed by atoms with Crippen LogP contribution in [0.5, 0.6) is 0 Å². The SMILES string of the molecule is CCCCCCC/C=C\C/C=C\CCCCCCCCCCCCOCC(CO)OC(=O)CCCCCCC/C=C\CCCCCCCCC. The van der Waals surface area contributed by atoms with Crippen molar-refractivity contribution >= 4 is 5.97 Å². The quantitative estimate of drug-likeness (QED) is 0.0391. The first-order valence-electron chi connectivity index (χ1n) is 22.1. The lowest BCUT2D eigenvalue weighted by molar-refractivity contribution is -0.154. The highest BCUT2D eigenvalue weighted by Gasteiger charge is 2.13. The van der Waals surface area contributed by atoms with E-state index in [-0.39, 0.29) is 12.6 Å². The number of allylic oxidation sites excluding steroid dienone is 6. The van der Waals surface area contributed by atoms with Gasteiger partial charge in [0.25, 0.3) is 0 Å². The number of ether oxygens (including phenoxy) is 2. The summed E-state index contributed by atoms with van der Waals surface area (Å²) in [5.74, 6) is -0.209. The molecular weight excluding hydrogens is 617 g/mol. The molecular formula is C46H86O4. The van der Waals surface area contributed by atoms with Gasteiger partial charge in [-0.2, -0.15) is 0 Å². The Morgan fingerprint density at radius 3 is 1.26 bits per heavy atom. The molecule has 0 heterocycles. The normalized spacial score (nSPS) is 12.6. The van der Waals surface area contributed by atoms with E-state index < -0.39 is 6.10 Å². The van der Waals surface area contributed by atoms with Crippen LogP contribution in [0.4, 0.5) is 0 Å². The van der Waals surface area contributed by atoms with Crippen LogP contribution in [0.25, 0.3) is 0 Å². The maximum atomic E-state index is 12.2. The van der Waals surface area contributed by atoms with E-state index in [1.807, 2.05) is 0 Å². The maximum absolute atomic E-state index is 12.2. The topological polar surface area (TPSA) is 55.8 Å². The second-order valence-electron chi connectivity index (χ2n) is 14.8. The molecule has 1 N–H and O–H groups in total. The second-order valence-corrected chi connectivity index (χ2v) is 14.8. The largest absolute Gasteiger partial charge is 0.457 e. The highest BCUT2D eigenvalue weighted by molar-refractivity contribution is 5.69. The Kier molecular flexibility index (Phi) is 42.6. The minimum atomic E-state index is -0.539. The molecule has 0 aliphatic rings. The van der Waals surface area contributed by atoms with Crippen LogP contribution in [0.1, 0.15) is 226 Å². The fourth-order valence-electron chi connectivity index (χ4n) is 6.35. The highest BCUT2D eigenvalue weighted by Crippen LogP contribution is 2.14. The molecule has 1 atom stereocenters. The lowest BCUT2D eigenvalue weighted by Crippen LogP contribution is -2.27. The van der Waals surface area contributed by atoms with Crippen molar-refractivity contribution in [3.8, 4) is 0 Å². The number of carbonyl (C=O) groups is 1. The standard InChI is InChI=1S/C46H86O4/c1-3-5-7-9-11-13-15-17-19-21-22-23-24-25-26-28-30-32-34-36-38-40-42-49-44-45(43-47)50-46(48)41-39-37-35-33-31-29-27-20-18-16-14-12-10-8-6-4-2/h15,17,20-22,27,45,47H,3-14,16,18-19,23-26,28-44H2,1-2H3/b17-15-,22-21-,27-20-. The van der Waals surface area contributed by atoms with E-state index in [9.17, 15) is 9.90 Å². The predicted octanol–water partition coefficient (Wildman–Crippen LogP) is 14.5. The summed E-state index contributed by atoms with van der Waals surface area (Å²) in [6.45, 7) is 5.34. The van der Waals surface area contributed by atoms with Gasteiger partial charge in [0, 0.05) is 13.0 Å². The fourth-order valence-corrected chi connectivity index (χ4v) is 6.35. The van der Waals surface area contributed by atoms with Crippen LogP contribution >= 0.6 is 0 Å². The number of aliphatic hydroxyl groups is 1.